The Morgan fingerprint density at radius 1 is 1.29 bits per heavy atom. The minimum absolute atomic E-state index is 0.162. The number of amides is 3. The molecule has 1 aromatic heterocycles. The summed E-state index contributed by atoms with van der Waals surface area (Å²) in [6, 6.07) is 4.45. The van der Waals surface area contributed by atoms with Gasteiger partial charge in [-0.2, -0.15) is 0 Å². The molecule has 24 heavy (non-hydrogen) atoms. The molecular weight excluding hydrogens is 306 g/mol. The monoisotopic (exact) mass is 329 g/mol. The molecule has 2 rings (SSSR count). The van der Waals surface area contributed by atoms with Gasteiger partial charge in [0.1, 0.15) is 5.82 Å². The molecule has 0 radical (unpaired) electrons. The molecule has 7 nitrogen and oxygen atoms in total. The Kier molecular flexibility index (Phi) is 5.23. The minimum atomic E-state index is -0.523. The molecule has 1 atom stereocenters. The number of nitrogens with two attached hydrogens (primary N) is 1. The fraction of sp³-hybridized carbons (Fsp3) is 0.353. The largest absolute Gasteiger partial charge is 0.366 e. The molecule has 0 aliphatic carbocycles. The Hall–Kier alpha value is -2.83. The number of rotatable bonds is 5. The van der Waals surface area contributed by atoms with Gasteiger partial charge in [-0.15, -0.1) is 0 Å². The average Bonchev–Trinajstić information content (AvgIpc) is 2.92. The standard InChI is InChI=1S/C17H23N5O2/c1-10(2)14(16-19-8-9-22(16)4)21-17(24)20-13-7-5-6-12(11(13)3)15(18)23/h5-10,14H,1-4H3,(H2,18,23)(H2,20,21,24)/t14-/m1/s1. The summed E-state index contributed by atoms with van der Waals surface area (Å²) in [4.78, 5) is 28.1. The lowest BCUT2D eigenvalue weighted by Gasteiger charge is -2.22. The van der Waals surface area contributed by atoms with Crippen molar-refractivity contribution in [2.24, 2.45) is 18.7 Å². The molecule has 0 aliphatic rings. The summed E-state index contributed by atoms with van der Waals surface area (Å²) < 4.78 is 1.88. The number of urea groups is 1. The van der Waals surface area contributed by atoms with Crippen LogP contribution in [0.15, 0.2) is 30.6 Å². The number of nitrogens with one attached hydrogen (secondary N) is 2. The molecule has 0 unspecified atom stereocenters. The number of benzene rings is 1. The second kappa shape index (κ2) is 7.16. The average molecular weight is 329 g/mol. The van der Waals surface area contributed by atoms with E-state index in [0.717, 1.165) is 5.82 Å². The minimum Gasteiger partial charge on any atom is -0.366 e. The first kappa shape index (κ1) is 17.5. The first-order valence-corrected chi connectivity index (χ1v) is 7.75. The normalized spacial score (nSPS) is 12.0. The van der Waals surface area contributed by atoms with Crippen molar-refractivity contribution in [1.82, 2.24) is 14.9 Å². The maximum absolute atomic E-state index is 12.4. The van der Waals surface area contributed by atoms with E-state index in [4.69, 9.17) is 5.73 Å². The van der Waals surface area contributed by atoms with E-state index in [0.29, 0.717) is 16.8 Å². The smallest absolute Gasteiger partial charge is 0.319 e. The third kappa shape index (κ3) is 3.73. The van der Waals surface area contributed by atoms with E-state index in [1.165, 1.54) is 0 Å². The third-order valence-electron chi connectivity index (χ3n) is 3.94. The molecule has 1 heterocycles. The van der Waals surface area contributed by atoms with E-state index in [1.54, 1.807) is 31.3 Å². The van der Waals surface area contributed by atoms with E-state index in [-0.39, 0.29) is 18.0 Å². The van der Waals surface area contributed by atoms with Gasteiger partial charge in [-0.1, -0.05) is 19.9 Å². The molecule has 2 aromatic rings. The topological polar surface area (TPSA) is 102 Å². The zero-order chi connectivity index (χ0) is 17.9. The summed E-state index contributed by atoms with van der Waals surface area (Å²) in [5.74, 6) is 0.419. The maximum atomic E-state index is 12.4. The summed E-state index contributed by atoms with van der Waals surface area (Å²) in [5, 5.41) is 5.71. The molecule has 0 aliphatic heterocycles. The number of hydrogen-bond donors (Lipinski definition) is 3. The number of nitrogens with zero attached hydrogens (tertiary/aromatic N) is 2. The van der Waals surface area contributed by atoms with Crippen molar-refractivity contribution < 1.29 is 9.59 Å². The quantitative estimate of drug-likeness (QED) is 0.784. The number of anilines is 1. The van der Waals surface area contributed by atoms with E-state index in [1.807, 2.05) is 31.7 Å². The van der Waals surface area contributed by atoms with Gasteiger partial charge in [-0.25, -0.2) is 9.78 Å². The van der Waals surface area contributed by atoms with Crippen molar-refractivity contribution in [3.8, 4) is 0 Å². The second-order valence-corrected chi connectivity index (χ2v) is 6.06. The third-order valence-corrected chi connectivity index (χ3v) is 3.94. The van der Waals surface area contributed by atoms with Gasteiger partial charge in [0, 0.05) is 30.7 Å². The molecule has 0 bridgehead atoms. The number of aryl methyl sites for hydroxylation is 1. The van der Waals surface area contributed by atoms with Crippen molar-refractivity contribution in [2.45, 2.75) is 26.8 Å². The lowest BCUT2D eigenvalue weighted by molar-refractivity contribution is 0.0999. The molecule has 1 aromatic carbocycles. The van der Waals surface area contributed by atoms with Gasteiger partial charge in [-0.05, 0) is 30.5 Å². The molecular formula is C17H23N5O2. The Balaban J connectivity index is 2.17. The Labute approximate surface area is 141 Å². The van der Waals surface area contributed by atoms with Crippen LogP contribution in [0.1, 0.15) is 41.6 Å². The first-order chi connectivity index (χ1) is 11.3. The zero-order valence-electron chi connectivity index (χ0n) is 14.3. The number of primary amides is 1. The van der Waals surface area contributed by atoms with Gasteiger partial charge in [0.2, 0.25) is 5.91 Å². The summed E-state index contributed by atoms with van der Waals surface area (Å²) in [6.45, 7) is 5.77. The van der Waals surface area contributed by atoms with Gasteiger partial charge in [0.15, 0.2) is 0 Å². The molecule has 7 heteroatoms. The van der Waals surface area contributed by atoms with Crippen LogP contribution in [0.25, 0.3) is 0 Å². The van der Waals surface area contributed by atoms with Crippen molar-refractivity contribution in [1.29, 1.82) is 0 Å². The molecule has 128 valence electrons. The van der Waals surface area contributed by atoms with Crippen LogP contribution in [-0.4, -0.2) is 21.5 Å². The highest BCUT2D eigenvalue weighted by Crippen LogP contribution is 2.21. The lowest BCUT2D eigenvalue weighted by Crippen LogP contribution is -2.36. The van der Waals surface area contributed by atoms with Crippen LogP contribution < -0.4 is 16.4 Å². The van der Waals surface area contributed by atoms with Crippen LogP contribution in [0.3, 0.4) is 0 Å². The summed E-state index contributed by atoms with van der Waals surface area (Å²) in [5.41, 5.74) is 6.91. The number of aromatic nitrogens is 2. The van der Waals surface area contributed by atoms with E-state index < -0.39 is 5.91 Å². The van der Waals surface area contributed by atoms with Crippen LogP contribution in [0.4, 0.5) is 10.5 Å². The molecule has 3 amide bonds. The van der Waals surface area contributed by atoms with Crippen molar-refractivity contribution in [2.75, 3.05) is 5.32 Å². The van der Waals surface area contributed by atoms with Gasteiger partial charge in [0.25, 0.3) is 0 Å². The second-order valence-electron chi connectivity index (χ2n) is 6.06. The van der Waals surface area contributed by atoms with Crippen LogP contribution in [0.5, 0.6) is 0 Å². The van der Waals surface area contributed by atoms with E-state index in [9.17, 15) is 9.59 Å². The predicted molar refractivity (Wildman–Crippen MR) is 92.6 cm³/mol. The van der Waals surface area contributed by atoms with Crippen LogP contribution in [0.2, 0.25) is 0 Å². The Morgan fingerprint density at radius 3 is 2.54 bits per heavy atom. The van der Waals surface area contributed by atoms with E-state index in [2.05, 4.69) is 15.6 Å². The number of hydrogen-bond acceptors (Lipinski definition) is 3. The van der Waals surface area contributed by atoms with Crippen LogP contribution in [-0.2, 0) is 7.05 Å². The molecule has 0 saturated heterocycles. The predicted octanol–water partition coefficient (Wildman–Crippen LogP) is 2.35. The van der Waals surface area contributed by atoms with Gasteiger partial charge in [-0.3, -0.25) is 4.79 Å². The highest BCUT2D eigenvalue weighted by Gasteiger charge is 2.22. The number of carbonyl (C=O) groups excluding carboxylic acids is 2. The SMILES string of the molecule is Cc1c(NC(=O)N[C@@H](c2nccn2C)C(C)C)cccc1C(N)=O. The fourth-order valence-electron chi connectivity index (χ4n) is 2.54. The Bertz CT molecular complexity index is 751. The van der Waals surface area contributed by atoms with Crippen molar-refractivity contribution in [3.05, 3.63) is 47.5 Å². The highest BCUT2D eigenvalue weighted by atomic mass is 16.2. The van der Waals surface area contributed by atoms with Crippen LogP contribution >= 0.6 is 0 Å². The molecule has 0 fully saturated rings. The summed E-state index contributed by atoms with van der Waals surface area (Å²) >= 11 is 0. The Morgan fingerprint density at radius 2 is 2.00 bits per heavy atom. The maximum Gasteiger partial charge on any atom is 0.319 e. The number of imidazole rings is 1. The van der Waals surface area contributed by atoms with E-state index >= 15 is 0 Å². The highest BCUT2D eigenvalue weighted by molar-refractivity contribution is 5.98. The number of carbonyl (C=O) groups is 2. The van der Waals surface area contributed by atoms with Crippen LogP contribution in [0, 0.1) is 12.8 Å². The molecule has 0 saturated carbocycles. The zero-order valence-corrected chi connectivity index (χ0v) is 14.3. The lowest BCUT2D eigenvalue weighted by atomic mass is 10.0. The van der Waals surface area contributed by atoms with Crippen molar-refractivity contribution in [3.63, 3.8) is 0 Å². The van der Waals surface area contributed by atoms with Crippen molar-refractivity contribution >= 4 is 17.6 Å². The molecule has 0 spiro atoms. The van der Waals surface area contributed by atoms with Gasteiger partial charge < -0.3 is 20.9 Å². The van der Waals surface area contributed by atoms with Gasteiger partial charge >= 0.3 is 6.03 Å². The first-order valence-electron chi connectivity index (χ1n) is 7.75. The fourth-order valence-corrected chi connectivity index (χ4v) is 2.54. The van der Waals surface area contributed by atoms with Gasteiger partial charge in [0.05, 0.1) is 6.04 Å². The summed E-state index contributed by atoms with van der Waals surface area (Å²) in [7, 11) is 1.89. The molecule has 4 N–H and O–H groups in total. The summed E-state index contributed by atoms with van der Waals surface area (Å²) in [6.07, 6.45) is 3.54.